The standard InChI is InChI=1S/C18H15F3N2O3/c1-11-6-7-12(10-13(11)18(19,20)21)22-16(24)8-9-23-14-4-2-3-5-15(14)26-17(23)25/h2-7,10H,8-9H2,1H3,(H,22,24). The quantitative estimate of drug-likeness (QED) is 0.762. The molecule has 1 heterocycles. The fraction of sp³-hybridized carbons (Fsp3) is 0.222. The van der Waals surface area contributed by atoms with E-state index in [4.69, 9.17) is 4.42 Å². The highest BCUT2D eigenvalue weighted by Crippen LogP contribution is 2.33. The number of amides is 1. The first-order valence-electron chi connectivity index (χ1n) is 7.82. The third kappa shape index (κ3) is 3.63. The zero-order chi connectivity index (χ0) is 18.9. The maximum atomic E-state index is 12.9. The van der Waals surface area contributed by atoms with Crippen molar-refractivity contribution in [3.05, 3.63) is 64.1 Å². The predicted molar refractivity (Wildman–Crippen MR) is 89.9 cm³/mol. The van der Waals surface area contributed by atoms with E-state index in [1.165, 1.54) is 23.6 Å². The Bertz CT molecular complexity index is 1020. The van der Waals surface area contributed by atoms with Gasteiger partial charge in [-0.3, -0.25) is 9.36 Å². The lowest BCUT2D eigenvalue weighted by Crippen LogP contribution is -2.20. The van der Waals surface area contributed by atoms with Gasteiger partial charge in [0.05, 0.1) is 11.1 Å². The SMILES string of the molecule is Cc1ccc(NC(=O)CCn2c(=O)oc3ccccc32)cc1C(F)(F)F. The number of fused-ring (bicyclic) bond motifs is 1. The molecular formula is C18H15F3N2O3. The minimum absolute atomic E-state index is 0.0531. The van der Waals surface area contributed by atoms with Gasteiger partial charge in [0.1, 0.15) is 0 Å². The summed E-state index contributed by atoms with van der Waals surface area (Å²) in [6, 6.07) is 10.4. The van der Waals surface area contributed by atoms with Crippen LogP contribution >= 0.6 is 0 Å². The molecule has 1 aromatic heterocycles. The summed E-state index contributed by atoms with van der Waals surface area (Å²) in [5, 5.41) is 2.43. The monoisotopic (exact) mass is 364 g/mol. The van der Waals surface area contributed by atoms with E-state index < -0.39 is 23.4 Å². The Morgan fingerprint density at radius 2 is 1.92 bits per heavy atom. The number of aromatic nitrogens is 1. The van der Waals surface area contributed by atoms with Crippen molar-refractivity contribution in [2.75, 3.05) is 5.32 Å². The number of anilines is 1. The number of para-hydroxylation sites is 2. The summed E-state index contributed by atoms with van der Waals surface area (Å²) < 4.78 is 45.2. The zero-order valence-corrected chi connectivity index (χ0v) is 13.8. The number of oxazole rings is 1. The lowest BCUT2D eigenvalue weighted by Gasteiger charge is -2.13. The molecule has 26 heavy (non-hydrogen) atoms. The predicted octanol–water partition coefficient (Wildman–Crippen LogP) is 3.95. The second-order valence-electron chi connectivity index (χ2n) is 5.81. The lowest BCUT2D eigenvalue weighted by atomic mass is 10.1. The fourth-order valence-corrected chi connectivity index (χ4v) is 2.67. The van der Waals surface area contributed by atoms with Gasteiger partial charge in [-0.15, -0.1) is 0 Å². The van der Waals surface area contributed by atoms with Gasteiger partial charge in [0.15, 0.2) is 5.58 Å². The number of carbonyl (C=O) groups excluding carboxylic acids is 1. The van der Waals surface area contributed by atoms with E-state index in [1.54, 1.807) is 24.3 Å². The van der Waals surface area contributed by atoms with Crippen LogP contribution in [0.15, 0.2) is 51.7 Å². The lowest BCUT2D eigenvalue weighted by molar-refractivity contribution is -0.138. The van der Waals surface area contributed by atoms with Crippen LogP contribution in [0, 0.1) is 6.92 Å². The van der Waals surface area contributed by atoms with Crippen LogP contribution < -0.4 is 11.1 Å². The molecule has 3 rings (SSSR count). The van der Waals surface area contributed by atoms with Crippen LogP contribution in [0.4, 0.5) is 18.9 Å². The first-order valence-corrected chi connectivity index (χ1v) is 7.82. The van der Waals surface area contributed by atoms with E-state index in [0.717, 1.165) is 6.07 Å². The molecule has 0 atom stereocenters. The highest BCUT2D eigenvalue weighted by molar-refractivity contribution is 5.90. The molecule has 0 saturated carbocycles. The van der Waals surface area contributed by atoms with Gasteiger partial charge in [-0.1, -0.05) is 18.2 Å². The highest BCUT2D eigenvalue weighted by Gasteiger charge is 2.32. The summed E-state index contributed by atoms with van der Waals surface area (Å²) in [6.07, 6.45) is -4.58. The second kappa shape index (κ2) is 6.70. The molecule has 0 spiro atoms. The van der Waals surface area contributed by atoms with Gasteiger partial charge in [-0.2, -0.15) is 13.2 Å². The number of hydrogen-bond acceptors (Lipinski definition) is 3. The van der Waals surface area contributed by atoms with Gasteiger partial charge in [0.25, 0.3) is 0 Å². The number of nitrogens with one attached hydrogen (secondary N) is 1. The topological polar surface area (TPSA) is 64.2 Å². The Labute approximate surface area is 146 Å². The molecule has 0 bridgehead atoms. The van der Waals surface area contributed by atoms with Gasteiger partial charge >= 0.3 is 11.9 Å². The van der Waals surface area contributed by atoms with Crippen molar-refractivity contribution in [3.63, 3.8) is 0 Å². The fourth-order valence-electron chi connectivity index (χ4n) is 2.67. The van der Waals surface area contributed by atoms with Gasteiger partial charge in [0.2, 0.25) is 5.91 Å². The molecule has 0 radical (unpaired) electrons. The van der Waals surface area contributed by atoms with Crippen molar-refractivity contribution in [1.29, 1.82) is 0 Å². The van der Waals surface area contributed by atoms with E-state index in [0.29, 0.717) is 11.1 Å². The summed E-state index contributed by atoms with van der Waals surface area (Å²) in [6.45, 7) is 1.41. The molecule has 3 aromatic rings. The number of nitrogens with zero attached hydrogens (tertiary/aromatic N) is 1. The highest BCUT2D eigenvalue weighted by atomic mass is 19.4. The van der Waals surface area contributed by atoms with Crippen molar-refractivity contribution in [3.8, 4) is 0 Å². The van der Waals surface area contributed by atoms with Crippen molar-refractivity contribution >= 4 is 22.7 Å². The molecule has 8 heteroatoms. The van der Waals surface area contributed by atoms with E-state index in [9.17, 15) is 22.8 Å². The average molecular weight is 364 g/mol. The van der Waals surface area contributed by atoms with Gasteiger partial charge in [0, 0.05) is 18.7 Å². The molecule has 1 N–H and O–H groups in total. The second-order valence-corrected chi connectivity index (χ2v) is 5.81. The summed E-state index contributed by atoms with van der Waals surface area (Å²) in [5.74, 6) is -1.09. The van der Waals surface area contributed by atoms with Crippen molar-refractivity contribution < 1.29 is 22.4 Å². The van der Waals surface area contributed by atoms with Gasteiger partial charge in [-0.05, 0) is 36.8 Å². The van der Waals surface area contributed by atoms with Crippen molar-refractivity contribution in [2.24, 2.45) is 0 Å². The summed E-state index contributed by atoms with van der Waals surface area (Å²) in [5.41, 5.74) is 0.294. The smallest absolute Gasteiger partial charge is 0.408 e. The molecule has 0 aliphatic heterocycles. The Hall–Kier alpha value is -3.03. The Balaban J connectivity index is 1.72. The van der Waals surface area contributed by atoms with E-state index in [2.05, 4.69) is 5.32 Å². The van der Waals surface area contributed by atoms with E-state index in [-0.39, 0.29) is 24.2 Å². The van der Waals surface area contributed by atoms with E-state index in [1.807, 2.05) is 0 Å². The molecule has 0 saturated heterocycles. The van der Waals surface area contributed by atoms with Crippen molar-refractivity contribution in [1.82, 2.24) is 4.57 Å². The van der Waals surface area contributed by atoms with Crippen LogP contribution in [0.25, 0.3) is 11.1 Å². The number of rotatable bonds is 4. The number of halogens is 3. The maximum Gasteiger partial charge on any atom is 0.419 e. The van der Waals surface area contributed by atoms with Crippen LogP contribution in [0.2, 0.25) is 0 Å². The first-order chi connectivity index (χ1) is 12.3. The Kier molecular flexibility index (Phi) is 4.58. The molecule has 136 valence electrons. The first kappa shape index (κ1) is 17.8. The van der Waals surface area contributed by atoms with Crippen molar-refractivity contribution in [2.45, 2.75) is 26.1 Å². The number of carbonyl (C=O) groups is 1. The van der Waals surface area contributed by atoms with Crippen LogP contribution in [0.5, 0.6) is 0 Å². The summed E-state index contributed by atoms with van der Waals surface area (Å²) in [7, 11) is 0. The molecule has 2 aromatic carbocycles. The largest absolute Gasteiger partial charge is 0.419 e. The maximum absolute atomic E-state index is 12.9. The average Bonchev–Trinajstić information content (AvgIpc) is 2.89. The zero-order valence-electron chi connectivity index (χ0n) is 13.8. The summed E-state index contributed by atoms with van der Waals surface area (Å²) in [4.78, 5) is 23.9. The molecule has 0 aliphatic carbocycles. The summed E-state index contributed by atoms with van der Waals surface area (Å²) >= 11 is 0. The van der Waals surface area contributed by atoms with E-state index >= 15 is 0 Å². The Morgan fingerprint density at radius 1 is 1.19 bits per heavy atom. The third-order valence-corrected chi connectivity index (χ3v) is 3.96. The van der Waals surface area contributed by atoms with Crippen LogP contribution in [-0.2, 0) is 17.5 Å². The molecular weight excluding hydrogens is 349 g/mol. The molecule has 5 nitrogen and oxygen atoms in total. The number of hydrogen-bond donors (Lipinski definition) is 1. The minimum atomic E-state index is -4.49. The minimum Gasteiger partial charge on any atom is -0.408 e. The normalized spacial score (nSPS) is 11.7. The molecule has 0 fully saturated rings. The number of aryl methyl sites for hydroxylation is 2. The third-order valence-electron chi connectivity index (χ3n) is 3.96. The molecule has 0 unspecified atom stereocenters. The van der Waals surface area contributed by atoms with Gasteiger partial charge in [-0.25, -0.2) is 4.79 Å². The number of alkyl halides is 3. The Morgan fingerprint density at radius 3 is 2.65 bits per heavy atom. The molecule has 1 amide bonds. The van der Waals surface area contributed by atoms with Gasteiger partial charge < -0.3 is 9.73 Å². The molecule has 0 aliphatic rings. The number of benzene rings is 2. The van der Waals surface area contributed by atoms with Crippen LogP contribution in [0.1, 0.15) is 17.5 Å². The van der Waals surface area contributed by atoms with Crippen LogP contribution in [-0.4, -0.2) is 10.5 Å². The van der Waals surface area contributed by atoms with Crippen LogP contribution in [0.3, 0.4) is 0 Å².